The standard InChI is InChI=1S/C25H28FN3O4/c1-25(2,3)24-28-22(16-8-11-27-12-9-16)23(17-4-6-18(26)7-5-17)29(24)13-10-19(30)14-20(31)15-21(32)33/h4-13,19-20,30-31H,14-15H2,1-3H3,(H,32,33). The number of carboxylic acids is 1. The van der Waals surface area contributed by atoms with Crippen molar-refractivity contribution in [1.29, 1.82) is 0 Å². The Morgan fingerprint density at radius 2 is 1.73 bits per heavy atom. The van der Waals surface area contributed by atoms with E-state index in [1.54, 1.807) is 30.7 Å². The van der Waals surface area contributed by atoms with Crippen LogP contribution in [0.2, 0.25) is 0 Å². The van der Waals surface area contributed by atoms with Crippen LogP contribution in [0, 0.1) is 5.82 Å². The molecular weight excluding hydrogens is 425 g/mol. The first-order valence-electron chi connectivity index (χ1n) is 10.6. The molecule has 1 aromatic carbocycles. The molecule has 174 valence electrons. The fourth-order valence-corrected chi connectivity index (χ4v) is 3.53. The lowest BCUT2D eigenvalue weighted by Crippen LogP contribution is -2.20. The summed E-state index contributed by atoms with van der Waals surface area (Å²) in [5, 5.41) is 29.0. The van der Waals surface area contributed by atoms with Crippen molar-refractivity contribution in [3.63, 3.8) is 0 Å². The molecule has 2 aromatic heterocycles. The Labute approximate surface area is 191 Å². The molecule has 0 bridgehead atoms. The summed E-state index contributed by atoms with van der Waals surface area (Å²) >= 11 is 0. The van der Waals surface area contributed by atoms with Gasteiger partial charge in [-0.05, 0) is 42.5 Å². The van der Waals surface area contributed by atoms with E-state index in [-0.39, 0.29) is 17.7 Å². The van der Waals surface area contributed by atoms with Crippen molar-refractivity contribution in [1.82, 2.24) is 14.5 Å². The molecule has 0 aliphatic carbocycles. The fourth-order valence-electron chi connectivity index (χ4n) is 3.53. The monoisotopic (exact) mass is 453 g/mol. The van der Waals surface area contributed by atoms with Gasteiger partial charge in [0.25, 0.3) is 0 Å². The molecular formula is C25H28FN3O4. The fraction of sp³-hybridized carbons (Fsp3) is 0.320. The third-order valence-corrected chi connectivity index (χ3v) is 5.03. The van der Waals surface area contributed by atoms with Crippen LogP contribution in [0.1, 0.15) is 39.4 Å². The van der Waals surface area contributed by atoms with Crippen LogP contribution in [0.5, 0.6) is 0 Å². The number of imidazole rings is 1. The number of aliphatic hydroxyl groups is 2. The Bertz CT molecular complexity index is 1120. The lowest BCUT2D eigenvalue weighted by atomic mass is 9.95. The highest BCUT2D eigenvalue weighted by Gasteiger charge is 2.27. The van der Waals surface area contributed by atoms with Crippen LogP contribution in [-0.2, 0) is 10.2 Å². The quantitative estimate of drug-likeness (QED) is 0.474. The van der Waals surface area contributed by atoms with Crippen molar-refractivity contribution in [3.05, 3.63) is 66.5 Å². The number of hydrogen-bond donors (Lipinski definition) is 3. The minimum absolute atomic E-state index is 0.120. The van der Waals surface area contributed by atoms with Gasteiger partial charge >= 0.3 is 5.97 Å². The van der Waals surface area contributed by atoms with Crippen LogP contribution in [0.3, 0.4) is 0 Å². The van der Waals surface area contributed by atoms with Gasteiger partial charge in [-0.15, -0.1) is 0 Å². The van der Waals surface area contributed by atoms with Crippen molar-refractivity contribution in [2.45, 2.75) is 51.2 Å². The summed E-state index contributed by atoms with van der Waals surface area (Å²) in [4.78, 5) is 19.8. The Morgan fingerprint density at radius 1 is 1.09 bits per heavy atom. The van der Waals surface area contributed by atoms with Gasteiger partial charge in [0, 0.05) is 41.6 Å². The summed E-state index contributed by atoms with van der Waals surface area (Å²) in [5.74, 6) is -0.781. The number of benzene rings is 1. The minimum atomic E-state index is -1.17. The van der Waals surface area contributed by atoms with Crippen molar-refractivity contribution in [3.8, 4) is 22.5 Å². The summed E-state index contributed by atoms with van der Waals surface area (Å²) in [7, 11) is 0. The largest absolute Gasteiger partial charge is 0.481 e. The van der Waals surface area contributed by atoms with Gasteiger partial charge < -0.3 is 19.9 Å². The van der Waals surface area contributed by atoms with Crippen molar-refractivity contribution in [2.24, 2.45) is 0 Å². The molecule has 0 spiro atoms. The van der Waals surface area contributed by atoms with E-state index in [1.165, 1.54) is 18.2 Å². The Balaban J connectivity index is 2.13. The number of carbonyl (C=O) groups is 1. The zero-order valence-corrected chi connectivity index (χ0v) is 18.8. The average molecular weight is 454 g/mol. The van der Waals surface area contributed by atoms with E-state index in [9.17, 15) is 19.4 Å². The summed E-state index contributed by atoms with van der Waals surface area (Å²) in [6, 6.07) is 9.77. The lowest BCUT2D eigenvalue weighted by Gasteiger charge is -2.19. The molecule has 3 aromatic rings. The Kier molecular flexibility index (Phi) is 7.40. The van der Waals surface area contributed by atoms with Crippen LogP contribution in [-0.4, -0.2) is 48.0 Å². The van der Waals surface area contributed by atoms with Crippen molar-refractivity contribution >= 4 is 12.2 Å². The van der Waals surface area contributed by atoms with Crippen molar-refractivity contribution < 1.29 is 24.5 Å². The molecule has 7 nitrogen and oxygen atoms in total. The highest BCUT2D eigenvalue weighted by Crippen LogP contribution is 2.36. The second kappa shape index (κ2) is 10.1. The first-order chi connectivity index (χ1) is 15.6. The maximum Gasteiger partial charge on any atom is 0.305 e. The van der Waals surface area contributed by atoms with E-state index in [0.29, 0.717) is 17.2 Å². The van der Waals surface area contributed by atoms with E-state index in [4.69, 9.17) is 10.1 Å². The summed E-state index contributed by atoms with van der Waals surface area (Å²) in [6.07, 6.45) is 3.68. The number of aliphatic carboxylic acids is 1. The average Bonchev–Trinajstić information content (AvgIpc) is 3.13. The molecule has 8 heteroatoms. The van der Waals surface area contributed by atoms with Gasteiger partial charge in [-0.25, -0.2) is 9.37 Å². The molecule has 3 N–H and O–H groups in total. The smallest absolute Gasteiger partial charge is 0.305 e. The molecule has 2 unspecified atom stereocenters. The zero-order valence-electron chi connectivity index (χ0n) is 18.8. The number of nitrogens with zero attached hydrogens (tertiary/aromatic N) is 3. The van der Waals surface area contributed by atoms with Gasteiger partial charge in [0.15, 0.2) is 0 Å². The second-order valence-corrected chi connectivity index (χ2v) is 8.89. The van der Waals surface area contributed by atoms with Gasteiger partial charge in [0.1, 0.15) is 11.6 Å². The lowest BCUT2D eigenvalue weighted by molar-refractivity contribution is -0.139. The molecule has 2 atom stereocenters. The van der Waals surface area contributed by atoms with E-state index in [1.807, 2.05) is 37.5 Å². The van der Waals surface area contributed by atoms with Crippen LogP contribution < -0.4 is 0 Å². The third-order valence-electron chi connectivity index (χ3n) is 5.03. The van der Waals surface area contributed by atoms with Gasteiger partial charge in [-0.1, -0.05) is 20.8 Å². The summed E-state index contributed by atoms with van der Waals surface area (Å²) in [6.45, 7) is 6.03. The number of hydrogen-bond acceptors (Lipinski definition) is 5. The molecule has 0 aliphatic heterocycles. The minimum Gasteiger partial charge on any atom is -0.481 e. The van der Waals surface area contributed by atoms with Crippen LogP contribution >= 0.6 is 0 Å². The predicted molar refractivity (Wildman–Crippen MR) is 124 cm³/mol. The number of halogens is 1. The number of pyridine rings is 1. The number of aromatic nitrogens is 3. The van der Waals surface area contributed by atoms with E-state index >= 15 is 0 Å². The number of rotatable bonds is 8. The Hall–Kier alpha value is -3.36. The molecule has 0 amide bonds. The highest BCUT2D eigenvalue weighted by molar-refractivity contribution is 5.80. The van der Waals surface area contributed by atoms with Gasteiger partial charge in [-0.2, -0.15) is 0 Å². The topological polar surface area (TPSA) is 108 Å². The highest BCUT2D eigenvalue weighted by atomic mass is 19.1. The summed E-state index contributed by atoms with van der Waals surface area (Å²) in [5.41, 5.74) is 2.58. The van der Waals surface area contributed by atoms with E-state index < -0.39 is 24.6 Å². The SMILES string of the molecule is CC(C)(C)c1nc(-c2ccncc2)c(-c2ccc(F)cc2)n1C=CC(O)CC(O)CC(=O)O. The zero-order chi connectivity index (χ0) is 24.2. The summed E-state index contributed by atoms with van der Waals surface area (Å²) < 4.78 is 15.5. The third kappa shape index (κ3) is 6.12. The maximum absolute atomic E-state index is 13.6. The first kappa shape index (κ1) is 24.3. The first-order valence-corrected chi connectivity index (χ1v) is 10.6. The maximum atomic E-state index is 13.6. The molecule has 0 aliphatic rings. The van der Waals surface area contributed by atoms with Crippen LogP contribution in [0.15, 0.2) is 54.9 Å². The van der Waals surface area contributed by atoms with E-state index in [2.05, 4.69) is 4.98 Å². The molecule has 3 rings (SSSR count). The van der Waals surface area contributed by atoms with Crippen LogP contribution in [0.4, 0.5) is 4.39 Å². The Morgan fingerprint density at radius 3 is 2.30 bits per heavy atom. The van der Waals surface area contributed by atoms with Crippen LogP contribution in [0.25, 0.3) is 28.7 Å². The molecule has 0 fully saturated rings. The second-order valence-electron chi connectivity index (χ2n) is 8.89. The molecule has 33 heavy (non-hydrogen) atoms. The van der Waals surface area contributed by atoms with Gasteiger partial charge in [0.05, 0.1) is 30.0 Å². The van der Waals surface area contributed by atoms with Gasteiger partial charge in [0.2, 0.25) is 0 Å². The molecule has 0 saturated carbocycles. The van der Waals surface area contributed by atoms with Crippen molar-refractivity contribution in [2.75, 3.05) is 0 Å². The molecule has 0 saturated heterocycles. The number of carboxylic acid groups (broad SMARTS) is 1. The predicted octanol–water partition coefficient (Wildman–Crippen LogP) is 4.11. The van der Waals surface area contributed by atoms with E-state index in [0.717, 1.165) is 11.1 Å². The molecule has 0 radical (unpaired) electrons. The van der Waals surface area contributed by atoms with Gasteiger partial charge in [-0.3, -0.25) is 9.78 Å². The normalized spacial score (nSPS) is 13.9. The number of aliphatic hydroxyl groups excluding tert-OH is 2. The molecule has 2 heterocycles.